The Labute approximate surface area is 341 Å². The molecule has 1 aromatic heterocycles. The van der Waals surface area contributed by atoms with Crippen molar-refractivity contribution in [3.05, 3.63) is 182 Å². The van der Waals surface area contributed by atoms with Crippen molar-refractivity contribution in [3.8, 4) is 33.4 Å². The Bertz CT molecular complexity index is 4720. The Morgan fingerprint density at radius 2 is 0.891 bits per heavy atom. The maximum atomic E-state index is 9.84. The monoisotopic (exact) mass is 712 g/mol. The normalized spacial score (nSPS) is 16.9. The molecule has 0 aliphatic rings. The van der Waals surface area contributed by atoms with Crippen LogP contribution in [0.25, 0.3) is 131 Å². The van der Waals surface area contributed by atoms with E-state index in [0.29, 0.717) is 27.7 Å². The smallest absolute Gasteiger partial charge is 0.143 e. The molecule has 1 heteroatoms. The van der Waals surface area contributed by atoms with Crippen molar-refractivity contribution in [2.45, 2.75) is 0 Å². The molecule has 0 fully saturated rings. The molecular formula is C54H30O. The minimum atomic E-state index is -0.614. The van der Waals surface area contributed by atoms with E-state index < -0.39 is 109 Å². The van der Waals surface area contributed by atoms with Crippen LogP contribution in [0.3, 0.4) is 0 Å². The lowest BCUT2D eigenvalue weighted by atomic mass is 9.84. The number of fused-ring (bicyclic) bond motifs is 5. The van der Waals surface area contributed by atoms with E-state index in [4.69, 9.17) is 16.8 Å². The Morgan fingerprint density at radius 3 is 1.60 bits per heavy atom. The van der Waals surface area contributed by atoms with Gasteiger partial charge < -0.3 is 4.42 Å². The van der Waals surface area contributed by atoms with Crippen LogP contribution in [0, 0.1) is 0 Å². The second kappa shape index (κ2) is 10.7. The number of benzene rings is 12. The van der Waals surface area contributed by atoms with Gasteiger partial charge in [-0.2, -0.15) is 0 Å². The van der Waals surface area contributed by atoms with Gasteiger partial charge in [-0.25, -0.2) is 0 Å². The van der Waals surface area contributed by atoms with Crippen LogP contribution in [-0.2, 0) is 0 Å². The SMILES string of the molecule is [2H]c1c([2H])c2c([2H])c([2H])c3c([2H])c([2H])c(-c4ccc(-c5ccc6oc7c8ccccc8ccc7c6c5)c(-c5c([2H])c([2H])c6c([2H])c([2H])c7c([2H])c([2H])c([2H])c8c([2H])c([2H])c5c6c78)c4)c4c([2H])c([2H])c(c1[2H])c2c34. The predicted molar refractivity (Wildman–Crippen MR) is 235 cm³/mol. The first-order valence-corrected chi connectivity index (χ1v) is 17.6. The summed E-state index contributed by atoms with van der Waals surface area (Å²) in [7, 11) is 0. The molecule has 13 rings (SSSR count). The fraction of sp³-hybridized carbons (Fsp3) is 0. The molecule has 1 heterocycles. The highest BCUT2D eigenvalue weighted by atomic mass is 16.3. The third kappa shape index (κ3) is 4.02. The van der Waals surface area contributed by atoms with Gasteiger partial charge in [-0.1, -0.05) is 157 Å². The average molecular weight is 713 g/mol. The largest absolute Gasteiger partial charge is 0.455 e. The molecule has 0 bridgehead atoms. The quantitative estimate of drug-likeness (QED) is 0.166. The zero-order valence-electron chi connectivity index (χ0n) is 46.3. The molecule has 0 saturated carbocycles. The molecule has 0 amide bonds. The zero-order valence-corrected chi connectivity index (χ0v) is 28.3. The van der Waals surface area contributed by atoms with Crippen LogP contribution in [-0.4, -0.2) is 0 Å². The van der Waals surface area contributed by atoms with Crippen molar-refractivity contribution in [3.63, 3.8) is 0 Å². The second-order valence-corrected chi connectivity index (χ2v) is 13.7. The lowest BCUT2D eigenvalue weighted by Crippen LogP contribution is -1.92. The molecule has 0 N–H and O–H groups in total. The Morgan fingerprint density at radius 1 is 0.327 bits per heavy atom. The Hall–Kier alpha value is -7.22. The van der Waals surface area contributed by atoms with Gasteiger partial charge >= 0.3 is 0 Å². The van der Waals surface area contributed by atoms with Gasteiger partial charge in [0, 0.05) is 16.2 Å². The molecule has 252 valence electrons. The summed E-state index contributed by atoms with van der Waals surface area (Å²) in [5.74, 6) is 0. The fourth-order valence-corrected chi connectivity index (χ4v) is 8.37. The highest BCUT2D eigenvalue weighted by Gasteiger charge is 2.19. The van der Waals surface area contributed by atoms with Crippen molar-refractivity contribution in [2.75, 3.05) is 0 Å². The number of furan rings is 1. The maximum Gasteiger partial charge on any atom is 0.143 e. The number of rotatable bonds is 3. The standard InChI is InChI=1S/C54H30O/c1-2-10-42-31(5-1)15-27-46-48-30-39(21-28-49(48)55-54(42)46)41-23-20-38(40-22-16-36-13-11-32-6-3-8-34-18-25-44(40)52(36)50(32)34)29-47(41)43-24-17-37-14-12-33-7-4-9-35-19-26-45(43)53(37)51(33)35/h1-30H/i3D,4D,6D,7D,8D,9D,11D,12D,13D,14D,16D,17D,18D,19D,22D,24D,25D,26D. The Balaban J connectivity index is 1.22. The van der Waals surface area contributed by atoms with E-state index >= 15 is 0 Å². The van der Waals surface area contributed by atoms with Gasteiger partial charge in [0.1, 0.15) is 11.2 Å². The van der Waals surface area contributed by atoms with E-state index in [-0.39, 0.29) is 86.9 Å². The molecule has 0 atom stereocenters. The topological polar surface area (TPSA) is 13.1 Å². The van der Waals surface area contributed by atoms with Crippen LogP contribution in [0.4, 0.5) is 0 Å². The van der Waals surface area contributed by atoms with E-state index in [9.17, 15) is 12.3 Å². The maximum absolute atomic E-state index is 9.84. The summed E-state index contributed by atoms with van der Waals surface area (Å²) in [6.45, 7) is 0. The molecule has 13 aromatic rings. The van der Waals surface area contributed by atoms with Crippen LogP contribution in [0.1, 0.15) is 24.7 Å². The molecule has 0 saturated heterocycles. The second-order valence-electron chi connectivity index (χ2n) is 13.7. The average Bonchev–Trinajstić information content (AvgIpc) is 3.76. The molecule has 55 heavy (non-hydrogen) atoms. The van der Waals surface area contributed by atoms with Crippen molar-refractivity contribution in [1.29, 1.82) is 0 Å². The molecule has 0 radical (unpaired) electrons. The van der Waals surface area contributed by atoms with E-state index in [2.05, 4.69) is 0 Å². The number of hydrogen-bond acceptors (Lipinski definition) is 1. The molecule has 0 aliphatic carbocycles. The molecular weight excluding hydrogens is 665 g/mol. The summed E-state index contributed by atoms with van der Waals surface area (Å²) in [5.41, 5.74) is 2.14. The fourth-order valence-electron chi connectivity index (χ4n) is 8.37. The van der Waals surface area contributed by atoms with E-state index in [0.717, 1.165) is 16.2 Å². The summed E-state index contributed by atoms with van der Waals surface area (Å²) >= 11 is 0. The van der Waals surface area contributed by atoms with Gasteiger partial charge in [0.2, 0.25) is 0 Å². The van der Waals surface area contributed by atoms with Gasteiger partial charge in [-0.05, 0) is 128 Å². The number of hydrogen-bond donors (Lipinski definition) is 0. The first-order chi connectivity index (χ1) is 34.8. The molecule has 1 nitrogen and oxygen atoms in total. The summed E-state index contributed by atoms with van der Waals surface area (Å²) in [5, 5.41) is 1.60. The van der Waals surface area contributed by atoms with Crippen LogP contribution in [0.5, 0.6) is 0 Å². The van der Waals surface area contributed by atoms with E-state index in [1.54, 1.807) is 24.3 Å². The van der Waals surface area contributed by atoms with Crippen LogP contribution >= 0.6 is 0 Å². The highest BCUT2D eigenvalue weighted by Crippen LogP contribution is 2.46. The van der Waals surface area contributed by atoms with Crippen molar-refractivity contribution >= 4 is 97.3 Å². The van der Waals surface area contributed by atoms with Crippen molar-refractivity contribution < 1.29 is 29.1 Å². The molecule has 0 spiro atoms. The van der Waals surface area contributed by atoms with Crippen molar-refractivity contribution in [2.24, 2.45) is 0 Å². The first kappa shape index (κ1) is 17.3. The van der Waals surface area contributed by atoms with Crippen LogP contribution in [0.2, 0.25) is 0 Å². The van der Waals surface area contributed by atoms with Gasteiger partial charge in [0.15, 0.2) is 0 Å². The predicted octanol–water partition coefficient (Wildman–Crippen LogP) is 15.5. The summed E-state index contributed by atoms with van der Waals surface area (Å²) in [4.78, 5) is 0. The van der Waals surface area contributed by atoms with E-state index in [1.807, 2.05) is 42.5 Å². The minimum absolute atomic E-state index is 0.0228. The van der Waals surface area contributed by atoms with Gasteiger partial charge in [-0.15, -0.1) is 0 Å². The zero-order chi connectivity index (χ0) is 51.4. The molecule has 0 aliphatic heterocycles. The lowest BCUT2D eigenvalue weighted by Gasteiger charge is -2.19. The summed E-state index contributed by atoms with van der Waals surface area (Å²) < 4.78 is 172. The lowest BCUT2D eigenvalue weighted by molar-refractivity contribution is 0.672. The third-order valence-electron chi connectivity index (χ3n) is 10.9. The van der Waals surface area contributed by atoms with Crippen LogP contribution in [0.15, 0.2) is 186 Å². The summed E-state index contributed by atoms with van der Waals surface area (Å²) in [6, 6.07) is 12.0. The van der Waals surface area contributed by atoms with E-state index in [1.165, 1.54) is 6.07 Å². The summed E-state index contributed by atoms with van der Waals surface area (Å²) in [6.07, 6.45) is 0. The molecule has 0 unspecified atom stereocenters. The Kier molecular flexibility index (Phi) is 3.36. The van der Waals surface area contributed by atoms with Crippen LogP contribution < -0.4 is 0 Å². The van der Waals surface area contributed by atoms with Gasteiger partial charge in [-0.3, -0.25) is 0 Å². The first-order valence-electron chi connectivity index (χ1n) is 26.6. The highest BCUT2D eigenvalue weighted by molar-refractivity contribution is 6.27. The third-order valence-corrected chi connectivity index (χ3v) is 10.9. The minimum Gasteiger partial charge on any atom is -0.455 e. The molecule has 12 aromatic carbocycles. The van der Waals surface area contributed by atoms with Gasteiger partial charge in [0.05, 0.1) is 24.7 Å². The van der Waals surface area contributed by atoms with Crippen molar-refractivity contribution in [1.82, 2.24) is 0 Å². The van der Waals surface area contributed by atoms with Gasteiger partial charge in [0.25, 0.3) is 0 Å².